The molecule has 1 atom stereocenters. The number of ether oxygens (including phenoxy) is 1. The molecule has 1 unspecified atom stereocenters. The molecule has 0 N–H and O–H groups in total. The maximum Gasteiger partial charge on any atom is 0.282 e. The van der Waals surface area contributed by atoms with Crippen LogP contribution in [-0.2, 0) is 0 Å². The highest BCUT2D eigenvalue weighted by atomic mass is 35.5. The van der Waals surface area contributed by atoms with E-state index in [4.69, 9.17) is 32.9 Å². The number of methoxy groups -OCH3 is 1. The van der Waals surface area contributed by atoms with Gasteiger partial charge in [-0.15, -0.1) is 0 Å². The number of fused-ring (bicyclic) bond motifs is 1. The second-order valence-electron chi connectivity index (χ2n) is 8.59. The van der Waals surface area contributed by atoms with Gasteiger partial charge in [0.15, 0.2) is 5.69 Å². The number of para-hydroxylation sites is 1. The average Bonchev–Trinajstić information content (AvgIpc) is 3.34. The second kappa shape index (κ2) is 8.98. The van der Waals surface area contributed by atoms with Crippen LogP contribution in [0.1, 0.15) is 53.2 Å². The summed E-state index contributed by atoms with van der Waals surface area (Å²) in [7, 11) is 1.62. The lowest BCUT2D eigenvalue weighted by molar-refractivity contribution is 0.0988. The minimum Gasteiger partial charge on any atom is -0.496 e. The van der Waals surface area contributed by atoms with Crippen molar-refractivity contribution >= 4 is 35.1 Å². The van der Waals surface area contributed by atoms with Crippen molar-refractivity contribution in [1.29, 1.82) is 0 Å². The van der Waals surface area contributed by atoms with E-state index in [0.717, 1.165) is 22.4 Å². The van der Waals surface area contributed by atoms with Gasteiger partial charge in [-0.05, 0) is 62.2 Å². The molecule has 0 saturated carbocycles. The van der Waals surface area contributed by atoms with Crippen LogP contribution in [-0.4, -0.2) is 32.5 Å². The number of amides is 1. The van der Waals surface area contributed by atoms with Crippen LogP contribution in [0.4, 0.5) is 5.95 Å². The number of carbonyl (C=O) groups is 1. The number of rotatable bonds is 5. The normalized spacial score (nSPS) is 15.1. The van der Waals surface area contributed by atoms with Gasteiger partial charge in [0.1, 0.15) is 22.8 Å². The Kier molecular flexibility index (Phi) is 5.99. The van der Waals surface area contributed by atoms with E-state index >= 15 is 0 Å². The van der Waals surface area contributed by atoms with Crippen LogP contribution in [0.5, 0.6) is 5.75 Å². The molecule has 0 fully saturated rings. The lowest BCUT2D eigenvalue weighted by Gasteiger charge is -2.28. The number of imidazole rings is 1. The van der Waals surface area contributed by atoms with Gasteiger partial charge in [-0.2, -0.15) is 0 Å². The first-order chi connectivity index (χ1) is 16.8. The summed E-state index contributed by atoms with van der Waals surface area (Å²) in [5.74, 6) is 1.27. The summed E-state index contributed by atoms with van der Waals surface area (Å²) in [6.45, 7) is 6.10. The fraction of sp³-hybridized carbons (Fsp3) is 0.231. The Morgan fingerprint density at radius 2 is 1.83 bits per heavy atom. The van der Waals surface area contributed by atoms with Gasteiger partial charge < -0.3 is 9.30 Å². The Labute approximate surface area is 213 Å². The molecule has 4 aromatic rings. The van der Waals surface area contributed by atoms with Gasteiger partial charge in [0.2, 0.25) is 5.95 Å². The van der Waals surface area contributed by atoms with Crippen molar-refractivity contribution in [3.05, 3.63) is 87.4 Å². The second-order valence-corrected chi connectivity index (χ2v) is 9.41. The minimum atomic E-state index is -0.522. The average molecular weight is 508 g/mol. The Morgan fingerprint density at radius 3 is 2.51 bits per heavy atom. The molecule has 9 heteroatoms. The number of halogens is 2. The first kappa shape index (κ1) is 23.3. The van der Waals surface area contributed by atoms with E-state index in [2.05, 4.69) is 28.4 Å². The molecule has 1 aliphatic heterocycles. The Morgan fingerprint density at radius 1 is 1.06 bits per heavy atom. The van der Waals surface area contributed by atoms with Crippen molar-refractivity contribution in [2.45, 2.75) is 32.9 Å². The summed E-state index contributed by atoms with van der Waals surface area (Å²) in [5.41, 5.74) is 3.76. The number of carbonyl (C=O) groups excluding carboxylic acids is 1. The van der Waals surface area contributed by atoms with Crippen LogP contribution in [0.25, 0.3) is 11.4 Å². The topological polar surface area (TPSA) is 73.1 Å². The minimum absolute atomic E-state index is 0.00528. The molecule has 35 heavy (non-hydrogen) atoms. The molecule has 2 aromatic heterocycles. The van der Waals surface area contributed by atoms with Gasteiger partial charge in [0.25, 0.3) is 5.91 Å². The van der Waals surface area contributed by atoms with E-state index in [9.17, 15) is 4.79 Å². The molecule has 0 saturated heterocycles. The van der Waals surface area contributed by atoms with E-state index in [1.165, 1.54) is 6.20 Å². The zero-order valence-electron chi connectivity index (χ0n) is 19.7. The van der Waals surface area contributed by atoms with Crippen LogP contribution in [0.15, 0.2) is 54.7 Å². The highest BCUT2D eigenvalue weighted by molar-refractivity contribution is 6.30. The van der Waals surface area contributed by atoms with Gasteiger partial charge in [0, 0.05) is 17.3 Å². The van der Waals surface area contributed by atoms with Gasteiger partial charge >= 0.3 is 0 Å². The molecule has 0 radical (unpaired) electrons. The number of aryl methyl sites for hydroxylation is 1. The summed E-state index contributed by atoms with van der Waals surface area (Å²) in [6.07, 6.45) is 1.54. The van der Waals surface area contributed by atoms with E-state index in [-0.39, 0.29) is 23.1 Å². The third kappa shape index (κ3) is 3.85. The van der Waals surface area contributed by atoms with Gasteiger partial charge in [-0.25, -0.2) is 15.0 Å². The molecule has 3 heterocycles. The molecular formula is C26H23Cl2N5O2. The monoisotopic (exact) mass is 507 g/mol. The van der Waals surface area contributed by atoms with Crippen LogP contribution in [0, 0.1) is 6.92 Å². The molecule has 178 valence electrons. The van der Waals surface area contributed by atoms with Gasteiger partial charge in [-0.3, -0.25) is 9.69 Å². The summed E-state index contributed by atoms with van der Waals surface area (Å²) in [5, 5.41) is 0.869. The third-order valence-corrected chi connectivity index (χ3v) is 6.55. The summed E-state index contributed by atoms with van der Waals surface area (Å²) >= 11 is 12.5. The zero-order chi connectivity index (χ0) is 24.9. The van der Waals surface area contributed by atoms with E-state index in [1.54, 1.807) is 18.1 Å². The summed E-state index contributed by atoms with van der Waals surface area (Å²) in [6, 6.07) is 14.3. The Balaban J connectivity index is 1.81. The van der Waals surface area contributed by atoms with Crippen molar-refractivity contribution in [3.8, 4) is 17.1 Å². The number of nitrogens with zero attached hydrogens (tertiary/aromatic N) is 5. The fourth-order valence-corrected chi connectivity index (χ4v) is 5.00. The van der Waals surface area contributed by atoms with E-state index < -0.39 is 6.04 Å². The van der Waals surface area contributed by atoms with Crippen molar-refractivity contribution in [2.75, 3.05) is 12.0 Å². The quantitative estimate of drug-likeness (QED) is 0.296. The molecule has 0 spiro atoms. The molecular weight excluding hydrogens is 485 g/mol. The highest BCUT2D eigenvalue weighted by Crippen LogP contribution is 2.45. The molecule has 0 aliphatic carbocycles. The van der Waals surface area contributed by atoms with Crippen molar-refractivity contribution in [3.63, 3.8) is 0 Å². The molecule has 1 amide bonds. The first-order valence-corrected chi connectivity index (χ1v) is 11.9. The maximum atomic E-state index is 13.9. The van der Waals surface area contributed by atoms with Crippen LogP contribution in [0.3, 0.4) is 0 Å². The lowest BCUT2D eigenvalue weighted by Crippen LogP contribution is -2.32. The van der Waals surface area contributed by atoms with Crippen molar-refractivity contribution < 1.29 is 9.53 Å². The van der Waals surface area contributed by atoms with E-state index in [1.807, 2.05) is 49.4 Å². The lowest BCUT2D eigenvalue weighted by atomic mass is 9.98. The van der Waals surface area contributed by atoms with Crippen molar-refractivity contribution in [2.24, 2.45) is 0 Å². The van der Waals surface area contributed by atoms with E-state index in [0.29, 0.717) is 22.3 Å². The number of anilines is 1. The molecule has 2 aromatic carbocycles. The Hall–Kier alpha value is -3.42. The predicted octanol–water partition coefficient (Wildman–Crippen LogP) is 6.29. The van der Waals surface area contributed by atoms with Gasteiger partial charge in [0.05, 0.1) is 18.4 Å². The number of hydrogen-bond donors (Lipinski definition) is 0. The predicted molar refractivity (Wildman–Crippen MR) is 136 cm³/mol. The van der Waals surface area contributed by atoms with Crippen LogP contribution >= 0.6 is 23.2 Å². The number of hydrogen-bond acceptors (Lipinski definition) is 5. The van der Waals surface area contributed by atoms with Crippen molar-refractivity contribution in [1.82, 2.24) is 19.5 Å². The van der Waals surface area contributed by atoms with Crippen LogP contribution < -0.4 is 9.64 Å². The number of aromatic nitrogens is 4. The SMILES string of the molecule is COc1ccccc1-c1nc2c(n1C(C)C)C(c1ccc(Cl)cc1C)N(c1nccc(Cl)n1)C2=O. The standard InChI is InChI=1S/C26H23Cl2N5O2/c1-14(2)32-23-21(31-24(32)18-7-5-6-8-19(18)35-4)25(34)33(26-29-12-11-20(28)30-26)22(23)17-10-9-16(27)13-15(17)3/h5-14,22H,1-4H3. The third-order valence-electron chi connectivity index (χ3n) is 6.10. The number of benzene rings is 2. The first-order valence-electron chi connectivity index (χ1n) is 11.2. The Bertz CT molecular complexity index is 1450. The molecule has 1 aliphatic rings. The molecule has 0 bridgehead atoms. The van der Waals surface area contributed by atoms with Crippen LogP contribution in [0.2, 0.25) is 10.2 Å². The van der Waals surface area contributed by atoms with Gasteiger partial charge in [-0.1, -0.05) is 41.4 Å². The maximum absolute atomic E-state index is 13.9. The fourth-order valence-electron chi connectivity index (χ4n) is 4.64. The molecule has 5 rings (SSSR count). The largest absolute Gasteiger partial charge is 0.496 e. The molecule has 7 nitrogen and oxygen atoms in total. The summed E-state index contributed by atoms with van der Waals surface area (Å²) < 4.78 is 7.70. The smallest absolute Gasteiger partial charge is 0.282 e. The summed E-state index contributed by atoms with van der Waals surface area (Å²) in [4.78, 5) is 29.1. The zero-order valence-corrected chi connectivity index (χ0v) is 21.2. The highest BCUT2D eigenvalue weighted by Gasteiger charge is 2.46.